The van der Waals surface area contributed by atoms with E-state index < -0.39 is 0 Å². The van der Waals surface area contributed by atoms with Gasteiger partial charge in [-0.25, -0.2) is 4.98 Å². The number of benzene rings is 2. The molecule has 140 valence electrons. The zero-order chi connectivity index (χ0) is 19.0. The van der Waals surface area contributed by atoms with E-state index in [0.29, 0.717) is 30.4 Å². The highest BCUT2D eigenvalue weighted by Crippen LogP contribution is 2.36. The van der Waals surface area contributed by atoms with Crippen molar-refractivity contribution in [3.05, 3.63) is 53.1 Å². The number of methoxy groups -OCH3 is 2. The number of fused-ring (bicyclic) bond motifs is 1. The zero-order valence-corrected chi connectivity index (χ0v) is 16.0. The molecule has 0 spiro atoms. The lowest BCUT2D eigenvalue weighted by Crippen LogP contribution is -2.49. The molecule has 2 aromatic carbocycles. The summed E-state index contributed by atoms with van der Waals surface area (Å²) in [5, 5.41) is 11.2. The highest BCUT2D eigenvalue weighted by molar-refractivity contribution is 6.30. The molecule has 0 saturated carbocycles. The molecule has 1 aliphatic rings. The summed E-state index contributed by atoms with van der Waals surface area (Å²) in [5.41, 5.74) is 3.70. The molecule has 0 unspecified atom stereocenters. The fraction of sp³-hybridized carbons (Fsp3) is 0.286. The first kappa shape index (κ1) is 18.0. The molecule has 27 heavy (non-hydrogen) atoms. The summed E-state index contributed by atoms with van der Waals surface area (Å²) >= 11 is 6.06. The number of ether oxygens (including phenoxy) is 2. The van der Waals surface area contributed by atoms with Crippen molar-refractivity contribution in [2.75, 3.05) is 27.3 Å². The SMILES string of the molecule is COc1ccc(OC)c2nc(-c3ccc(Cl)cc3)c(CN3CC(O)C3)cc12. The van der Waals surface area contributed by atoms with Crippen LogP contribution in [0.2, 0.25) is 5.02 Å². The van der Waals surface area contributed by atoms with E-state index in [2.05, 4.69) is 11.0 Å². The largest absolute Gasteiger partial charge is 0.496 e. The van der Waals surface area contributed by atoms with Crippen LogP contribution in [-0.4, -0.2) is 48.4 Å². The summed E-state index contributed by atoms with van der Waals surface area (Å²) < 4.78 is 11.1. The van der Waals surface area contributed by atoms with E-state index in [1.54, 1.807) is 14.2 Å². The van der Waals surface area contributed by atoms with Crippen LogP contribution in [0, 0.1) is 0 Å². The first-order chi connectivity index (χ1) is 13.1. The first-order valence-electron chi connectivity index (χ1n) is 8.80. The Bertz CT molecular complexity index is 969. The van der Waals surface area contributed by atoms with Gasteiger partial charge in [-0.15, -0.1) is 0 Å². The van der Waals surface area contributed by atoms with E-state index in [0.717, 1.165) is 33.5 Å². The fourth-order valence-electron chi connectivity index (χ4n) is 3.48. The second-order valence-corrected chi connectivity index (χ2v) is 7.15. The molecule has 1 aliphatic heterocycles. The maximum Gasteiger partial charge on any atom is 0.145 e. The number of hydrogen-bond donors (Lipinski definition) is 1. The molecule has 0 bridgehead atoms. The highest BCUT2D eigenvalue weighted by Gasteiger charge is 2.26. The number of pyridine rings is 1. The molecule has 0 atom stereocenters. The Morgan fingerprint density at radius 1 is 1.07 bits per heavy atom. The van der Waals surface area contributed by atoms with Crippen molar-refractivity contribution in [3.8, 4) is 22.8 Å². The molecule has 1 fully saturated rings. The van der Waals surface area contributed by atoms with Crippen LogP contribution in [0.5, 0.6) is 11.5 Å². The van der Waals surface area contributed by atoms with E-state index in [-0.39, 0.29) is 6.10 Å². The van der Waals surface area contributed by atoms with Gasteiger partial charge in [-0.05, 0) is 35.9 Å². The lowest BCUT2D eigenvalue weighted by atomic mass is 10.0. The predicted molar refractivity (Wildman–Crippen MR) is 107 cm³/mol. The van der Waals surface area contributed by atoms with Gasteiger partial charge in [0.1, 0.15) is 17.0 Å². The number of β-amino-alcohol motifs (C(OH)–C–C–N with tert-alkyl or cyclic N) is 1. The minimum atomic E-state index is -0.243. The summed E-state index contributed by atoms with van der Waals surface area (Å²) in [5.74, 6) is 1.46. The van der Waals surface area contributed by atoms with Crippen molar-refractivity contribution >= 4 is 22.5 Å². The number of aromatic nitrogens is 1. The van der Waals surface area contributed by atoms with Crippen LogP contribution in [0.3, 0.4) is 0 Å². The van der Waals surface area contributed by atoms with Gasteiger partial charge in [-0.3, -0.25) is 4.90 Å². The van der Waals surface area contributed by atoms with E-state index in [9.17, 15) is 5.11 Å². The molecule has 1 saturated heterocycles. The number of nitrogens with zero attached hydrogens (tertiary/aromatic N) is 2. The van der Waals surface area contributed by atoms with Gasteiger partial charge in [0.15, 0.2) is 0 Å². The Hall–Kier alpha value is -2.34. The Morgan fingerprint density at radius 3 is 2.37 bits per heavy atom. The Kier molecular flexibility index (Phi) is 4.91. The maximum atomic E-state index is 9.63. The third kappa shape index (κ3) is 3.46. The van der Waals surface area contributed by atoms with Crippen LogP contribution in [0.25, 0.3) is 22.2 Å². The van der Waals surface area contributed by atoms with E-state index >= 15 is 0 Å². The van der Waals surface area contributed by atoms with Crippen LogP contribution in [0.15, 0.2) is 42.5 Å². The molecule has 6 heteroatoms. The van der Waals surface area contributed by atoms with Crippen LogP contribution < -0.4 is 9.47 Å². The third-order valence-electron chi connectivity index (χ3n) is 4.88. The average molecular weight is 385 g/mol. The van der Waals surface area contributed by atoms with Gasteiger partial charge in [0.05, 0.1) is 26.0 Å². The molecular weight excluding hydrogens is 364 g/mol. The summed E-state index contributed by atoms with van der Waals surface area (Å²) in [7, 11) is 3.29. The van der Waals surface area contributed by atoms with Gasteiger partial charge >= 0.3 is 0 Å². The van der Waals surface area contributed by atoms with Gasteiger partial charge < -0.3 is 14.6 Å². The number of hydrogen-bond acceptors (Lipinski definition) is 5. The standard InChI is InChI=1S/C21H21ClN2O3/c1-26-18-7-8-19(27-2)21-17(18)9-14(10-24-11-16(25)12-24)20(23-21)13-3-5-15(22)6-4-13/h3-9,16,25H,10-12H2,1-2H3. The van der Waals surface area contributed by atoms with Crippen LogP contribution >= 0.6 is 11.6 Å². The summed E-state index contributed by atoms with van der Waals surface area (Å²) in [6, 6.07) is 13.5. The van der Waals surface area contributed by atoms with Crippen molar-refractivity contribution in [2.24, 2.45) is 0 Å². The van der Waals surface area contributed by atoms with Crippen LogP contribution in [0.4, 0.5) is 0 Å². The molecular formula is C21H21ClN2O3. The second kappa shape index (κ2) is 7.35. The van der Waals surface area contributed by atoms with Gasteiger partial charge in [0.25, 0.3) is 0 Å². The monoisotopic (exact) mass is 384 g/mol. The fourth-order valence-corrected chi connectivity index (χ4v) is 3.61. The molecule has 3 aromatic rings. The third-order valence-corrected chi connectivity index (χ3v) is 5.13. The second-order valence-electron chi connectivity index (χ2n) is 6.72. The molecule has 4 rings (SSSR count). The van der Waals surface area contributed by atoms with Crippen LogP contribution in [-0.2, 0) is 6.54 Å². The Labute approximate surface area is 163 Å². The molecule has 0 amide bonds. The van der Waals surface area contributed by atoms with Crippen molar-refractivity contribution in [1.82, 2.24) is 9.88 Å². The zero-order valence-electron chi connectivity index (χ0n) is 15.3. The molecule has 2 heterocycles. The van der Waals surface area contributed by atoms with Crippen molar-refractivity contribution in [3.63, 3.8) is 0 Å². The van der Waals surface area contributed by atoms with E-state index in [1.165, 1.54) is 0 Å². The lowest BCUT2D eigenvalue weighted by Gasteiger charge is -2.36. The number of aliphatic hydroxyl groups excluding tert-OH is 1. The Balaban J connectivity index is 1.90. The summed E-state index contributed by atoms with van der Waals surface area (Å²) in [6.07, 6.45) is -0.243. The topological polar surface area (TPSA) is 54.8 Å². The van der Waals surface area contributed by atoms with E-state index in [4.69, 9.17) is 26.1 Å². The minimum absolute atomic E-state index is 0.243. The Morgan fingerprint density at radius 2 is 1.74 bits per heavy atom. The molecule has 1 aromatic heterocycles. The predicted octanol–water partition coefficient (Wildman–Crippen LogP) is 3.75. The van der Waals surface area contributed by atoms with E-state index in [1.807, 2.05) is 36.4 Å². The number of likely N-dealkylation sites (tertiary alicyclic amines) is 1. The van der Waals surface area contributed by atoms with Crippen LogP contribution in [0.1, 0.15) is 5.56 Å². The lowest BCUT2D eigenvalue weighted by molar-refractivity contribution is -0.00280. The summed E-state index contributed by atoms with van der Waals surface area (Å²) in [6.45, 7) is 2.05. The summed E-state index contributed by atoms with van der Waals surface area (Å²) in [4.78, 5) is 7.14. The van der Waals surface area contributed by atoms with Crippen molar-refractivity contribution in [2.45, 2.75) is 12.6 Å². The highest BCUT2D eigenvalue weighted by atomic mass is 35.5. The van der Waals surface area contributed by atoms with Crippen molar-refractivity contribution < 1.29 is 14.6 Å². The molecule has 5 nitrogen and oxygen atoms in total. The molecule has 1 N–H and O–H groups in total. The minimum Gasteiger partial charge on any atom is -0.496 e. The normalized spacial score (nSPS) is 15.0. The van der Waals surface area contributed by atoms with Gasteiger partial charge in [-0.2, -0.15) is 0 Å². The maximum absolute atomic E-state index is 9.63. The number of aliphatic hydroxyl groups is 1. The number of rotatable bonds is 5. The van der Waals surface area contributed by atoms with Gasteiger partial charge in [-0.1, -0.05) is 23.7 Å². The number of halogens is 1. The van der Waals surface area contributed by atoms with Gasteiger partial charge in [0.2, 0.25) is 0 Å². The van der Waals surface area contributed by atoms with Gasteiger partial charge in [0, 0.05) is 35.6 Å². The first-order valence-corrected chi connectivity index (χ1v) is 9.18. The molecule has 0 radical (unpaired) electrons. The van der Waals surface area contributed by atoms with Crippen molar-refractivity contribution in [1.29, 1.82) is 0 Å². The molecule has 0 aliphatic carbocycles. The quantitative estimate of drug-likeness (QED) is 0.726. The smallest absolute Gasteiger partial charge is 0.145 e. The average Bonchev–Trinajstić information content (AvgIpc) is 2.66.